The molecule has 0 radical (unpaired) electrons. The topological polar surface area (TPSA) is 62.1 Å². The van der Waals surface area contributed by atoms with E-state index in [4.69, 9.17) is 9.47 Å². The molecule has 0 aliphatic rings. The summed E-state index contributed by atoms with van der Waals surface area (Å²) in [5.41, 5.74) is 1.24. The lowest BCUT2D eigenvalue weighted by Gasteiger charge is -2.13. The van der Waals surface area contributed by atoms with E-state index in [0.29, 0.717) is 6.54 Å². The zero-order valence-corrected chi connectivity index (χ0v) is 14.2. The van der Waals surface area contributed by atoms with E-state index in [2.05, 4.69) is 62.4 Å². The Labute approximate surface area is 135 Å². The van der Waals surface area contributed by atoms with Gasteiger partial charge in [-0.1, -0.05) is 23.9 Å². The lowest BCUT2D eigenvalue weighted by Crippen LogP contribution is -2.21. The molecule has 6 nitrogen and oxygen atoms in total. The molecule has 0 bridgehead atoms. The van der Waals surface area contributed by atoms with E-state index < -0.39 is 0 Å². The van der Waals surface area contributed by atoms with Gasteiger partial charge in [0.15, 0.2) is 6.29 Å². The highest BCUT2D eigenvalue weighted by atomic mass is 127. The van der Waals surface area contributed by atoms with Crippen LogP contribution in [0.25, 0.3) is 0 Å². The molecule has 8 heteroatoms. The molecular weight excluding hydrogens is 391 g/mol. The summed E-state index contributed by atoms with van der Waals surface area (Å²) in [5.74, 6) is 0.821. The molecule has 0 amide bonds. The Morgan fingerprint density at radius 2 is 1.95 bits per heavy atom. The van der Waals surface area contributed by atoms with Gasteiger partial charge in [-0.05, 0) is 50.7 Å². The van der Waals surface area contributed by atoms with Crippen LogP contribution in [-0.4, -0.2) is 40.7 Å². The molecule has 2 aromatic rings. The Morgan fingerprint density at radius 3 is 2.60 bits per heavy atom. The second-order valence-electron chi connectivity index (χ2n) is 3.96. The molecule has 1 aromatic carbocycles. The van der Waals surface area contributed by atoms with Crippen LogP contribution in [0.4, 0.5) is 0 Å². The zero-order chi connectivity index (χ0) is 14.4. The molecule has 0 unspecified atom stereocenters. The van der Waals surface area contributed by atoms with E-state index >= 15 is 0 Å². The SMILES string of the molecule is COC(Cn1nnnc1SCc1ccc(I)cc1)OC. The first-order chi connectivity index (χ1) is 9.72. The van der Waals surface area contributed by atoms with Crippen LogP contribution in [0.5, 0.6) is 0 Å². The summed E-state index contributed by atoms with van der Waals surface area (Å²) in [6.45, 7) is 0.467. The predicted molar refractivity (Wildman–Crippen MR) is 84.3 cm³/mol. The summed E-state index contributed by atoms with van der Waals surface area (Å²) < 4.78 is 13.2. The summed E-state index contributed by atoms with van der Waals surface area (Å²) in [6.07, 6.45) is -0.351. The van der Waals surface area contributed by atoms with Gasteiger partial charge in [-0.3, -0.25) is 0 Å². The number of tetrazole rings is 1. The Bertz CT molecular complexity index is 531. The van der Waals surface area contributed by atoms with Crippen LogP contribution in [0, 0.1) is 3.57 Å². The van der Waals surface area contributed by atoms with Crippen LogP contribution >= 0.6 is 34.4 Å². The minimum Gasteiger partial charge on any atom is -0.354 e. The van der Waals surface area contributed by atoms with Crippen LogP contribution in [0.1, 0.15) is 5.56 Å². The minimum absolute atomic E-state index is 0.351. The van der Waals surface area contributed by atoms with E-state index in [0.717, 1.165) is 10.9 Å². The second-order valence-corrected chi connectivity index (χ2v) is 6.15. The van der Waals surface area contributed by atoms with E-state index in [9.17, 15) is 0 Å². The Balaban J connectivity index is 1.96. The van der Waals surface area contributed by atoms with Crippen molar-refractivity contribution in [1.29, 1.82) is 0 Å². The van der Waals surface area contributed by atoms with Gasteiger partial charge in [-0.2, -0.15) is 0 Å². The van der Waals surface area contributed by atoms with Gasteiger partial charge in [0.1, 0.15) is 0 Å². The quantitative estimate of drug-likeness (QED) is 0.399. The molecule has 108 valence electrons. The van der Waals surface area contributed by atoms with Gasteiger partial charge in [0, 0.05) is 23.5 Å². The predicted octanol–water partition coefficient (Wildman–Crippen LogP) is 2.19. The fraction of sp³-hybridized carbons (Fsp3) is 0.417. The highest BCUT2D eigenvalue weighted by Crippen LogP contribution is 2.20. The van der Waals surface area contributed by atoms with Gasteiger partial charge >= 0.3 is 0 Å². The molecule has 1 aromatic heterocycles. The van der Waals surface area contributed by atoms with Gasteiger partial charge in [0.05, 0.1) is 6.54 Å². The van der Waals surface area contributed by atoms with Crippen LogP contribution in [-0.2, 0) is 21.8 Å². The van der Waals surface area contributed by atoms with Crippen molar-refractivity contribution in [1.82, 2.24) is 20.2 Å². The number of hydrogen-bond donors (Lipinski definition) is 0. The molecule has 0 atom stereocenters. The first-order valence-corrected chi connectivity index (χ1v) is 7.98. The summed E-state index contributed by atoms with van der Waals surface area (Å²) >= 11 is 3.88. The third kappa shape index (κ3) is 4.40. The van der Waals surface area contributed by atoms with E-state index in [1.807, 2.05) is 0 Å². The van der Waals surface area contributed by atoms with Crippen LogP contribution in [0.2, 0.25) is 0 Å². The molecule has 0 saturated heterocycles. The molecule has 20 heavy (non-hydrogen) atoms. The van der Waals surface area contributed by atoms with Crippen molar-refractivity contribution in [3.05, 3.63) is 33.4 Å². The van der Waals surface area contributed by atoms with E-state index in [1.165, 1.54) is 9.13 Å². The van der Waals surface area contributed by atoms with Crippen molar-refractivity contribution in [2.75, 3.05) is 14.2 Å². The number of methoxy groups -OCH3 is 2. The van der Waals surface area contributed by atoms with Gasteiger partial charge in [-0.25, -0.2) is 4.68 Å². The number of nitrogens with zero attached hydrogens (tertiary/aromatic N) is 4. The summed E-state index contributed by atoms with van der Waals surface area (Å²) in [5, 5.41) is 12.4. The Hall–Kier alpha value is -0.710. The fourth-order valence-corrected chi connectivity index (χ4v) is 2.73. The molecule has 1 heterocycles. The maximum atomic E-state index is 5.16. The number of hydrogen-bond acceptors (Lipinski definition) is 6. The fourth-order valence-electron chi connectivity index (χ4n) is 1.53. The highest BCUT2D eigenvalue weighted by molar-refractivity contribution is 14.1. The zero-order valence-electron chi connectivity index (χ0n) is 11.2. The molecular formula is C12H15IN4O2S. The lowest BCUT2D eigenvalue weighted by molar-refractivity contribution is -0.113. The molecule has 0 aliphatic carbocycles. The molecule has 2 rings (SSSR count). The van der Waals surface area contributed by atoms with Crippen molar-refractivity contribution < 1.29 is 9.47 Å². The number of rotatable bonds is 7. The van der Waals surface area contributed by atoms with Crippen molar-refractivity contribution in [3.8, 4) is 0 Å². The maximum Gasteiger partial charge on any atom is 0.209 e. The second kappa shape index (κ2) is 7.91. The summed E-state index contributed by atoms with van der Waals surface area (Å²) in [6, 6.07) is 8.39. The average Bonchev–Trinajstić information content (AvgIpc) is 2.91. The number of halogens is 1. The summed E-state index contributed by atoms with van der Waals surface area (Å²) in [4.78, 5) is 0. The highest BCUT2D eigenvalue weighted by Gasteiger charge is 2.12. The molecule has 0 spiro atoms. The van der Waals surface area contributed by atoms with Gasteiger partial charge in [-0.15, -0.1) is 5.10 Å². The number of benzene rings is 1. The Kier molecular flexibility index (Phi) is 6.20. The smallest absolute Gasteiger partial charge is 0.209 e. The van der Waals surface area contributed by atoms with E-state index in [-0.39, 0.29) is 6.29 Å². The van der Waals surface area contributed by atoms with Crippen molar-refractivity contribution >= 4 is 34.4 Å². The van der Waals surface area contributed by atoms with Crippen molar-refractivity contribution in [2.45, 2.75) is 23.7 Å². The third-order valence-electron chi connectivity index (χ3n) is 2.63. The van der Waals surface area contributed by atoms with Crippen LogP contribution < -0.4 is 0 Å². The lowest BCUT2D eigenvalue weighted by atomic mass is 10.2. The Morgan fingerprint density at radius 1 is 1.25 bits per heavy atom. The largest absolute Gasteiger partial charge is 0.354 e. The maximum absolute atomic E-state index is 5.16. The average molecular weight is 406 g/mol. The molecule has 0 fully saturated rings. The monoisotopic (exact) mass is 406 g/mol. The molecule has 0 N–H and O–H groups in total. The van der Waals surface area contributed by atoms with Crippen molar-refractivity contribution in [3.63, 3.8) is 0 Å². The molecule has 0 saturated carbocycles. The summed E-state index contributed by atoms with van der Waals surface area (Å²) in [7, 11) is 3.19. The van der Waals surface area contributed by atoms with Gasteiger partial charge in [0.2, 0.25) is 5.16 Å². The standard InChI is InChI=1S/C12H15IN4O2S/c1-18-11(19-2)7-17-12(14-15-16-17)20-8-9-3-5-10(13)6-4-9/h3-6,11H,7-8H2,1-2H3. The van der Waals surface area contributed by atoms with Crippen molar-refractivity contribution in [2.24, 2.45) is 0 Å². The number of ether oxygens (including phenoxy) is 2. The van der Waals surface area contributed by atoms with E-state index in [1.54, 1.807) is 30.7 Å². The minimum atomic E-state index is -0.351. The number of aromatic nitrogens is 4. The van der Waals surface area contributed by atoms with Gasteiger partial charge < -0.3 is 9.47 Å². The van der Waals surface area contributed by atoms with Crippen LogP contribution in [0.15, 0.2) is 29.4 Å². The normalized spacial score (nSPS) is 11.2. The first-order valence-electron chi connectivity index (χ1n) is 5.92. The first kappa shape index (κ1) is 15.7. The van der Waals surface area contributed by atoms with Gasteiger partial charge in [0.25, 0.3) is 0 Å². The molecule has 0 aliphatic heterocycles. The van der Waals surface area contributed by atoms with Crippen LogP contribution in [0.3, 0.4) is 0 Å². The number of thioether (sulfide) groups is 1. The third-order valence-corrected chi connectivity index (χ3v) is 4.38.